The SMILES string of the molecule is Cc1cccc(NC(=O)c2cccc(C(=O)NCCc3cccc(Cl)c3)n2)c1. The summed E-state index contributed by atoms with van der Waals surface area (Å²) in [6.07, 6.45) is 0.653. The van der Waals surface area contributed by atoms with Crippen LogP contribution >= 0.6 is 11.6 Å². The Morgan fingerprint density at radius 1 is 0.929 bits per heavy atom. The van der Waals surface area contributed by atoms with Crippen LogP contribution in [0.25, 0.3) is 0 Å². The van der Waals surface area contributed by atoms with Crippen molar-refractivity contribution in [3.63, 3.8) is 0 Å². The zero-order valence-electron chi connectivity index (χ0n) is 15.4. The van der Waals surface area contributed by atoms with Gasteiger partial charge in [-0.15, -0.1) is 0 Å². The monoisotopic (exact) mass is 393 g/mol. The second kappa shape index (κ2) is 9.15. The molecule has 0 aliphatic heterocycles. The van der Waals surface area contributed by atoms with E-state index in [0.29, 0.717) is 23.7 Å². The van der Waals surface area contributed by atoms with Gasteiger partial charge in [-0.2, -0.15) is 0 Å². The number of benzene rings is 2. The van der Waals surface area contributed by atoms with E-state index in [1.165, 1.54) is 0 Å². The topological polar surface area (TPSA) is 71.1 Å². The number of amides is 2. The third kappa shape index (κ3) is 5.41. The first kappa shape index (κ1) is 19.6. The molecule has 5 nitrogen and oxygen atoms in total. The molecule has 2 aromatic carbocycles. The van der Waals surface area contributed by atoms with E-state index in [0.717, 1.165) is 11.1 Å². The number of hydrogen-bond donors (Lipinski definition) is 2. The van der Waals surface area contributed by atoms with Crippen LogP contribution < -0.4 is 10.6 Å². The van der Waals surface area contributed by atoms with Gasteiger partial charge in [0.15, 0.2) is 0 Å². The summed E-state index contributed by atoms with van der Waals surface area (Å²) >= 11 is 5.96. The van der Waals surface area contributed by atoms with Crippen molar-refractivity contribution in [1.82, 2.24) is 10.3 Å². The first-order chi connectivity index (χ1) is 13.5. The average molecular weight is 394 g/mol. The molecule has 0 aliphatic rings. The van der Waals surface area contributed by atoms with Crippen molar-refractivity contribution < 1.29 is 9.59 Å². The fraction of sp³-hybridized carbons (Fsp3) is 0.136. The predicted molar refractivity (Wildman–Crippen MR) is 111 cm³/mol. The van der Waals surface area contributed by atoms with Crippen molar-refractivity contribution in [2.45, 2.75) is 13.3 Å². The first-order valence-corrected chi connectivity index (χ1v) is 9.27. The van der Waals surface area contributed by atoms with Gasteiger partial charge in [0.2, 0.25) is 0 Å². The van der Waals surface area contributed by atoms with Crippen LogP contribution in [0.3, 0.4) is 0 Å². The number of pyridine rings is 1. The van der Waals surface area contributed by atoms with Crippen LogP contribution in [0.4, 0.5) is 5.69 Å². The van der Waals surface area contributed by atoms with Gasteiger partial charge < -0.3 is 10.6 Å². The highest BCUT2D eigenvalue weighted by molar-refractivity contribution is 6.30. The Bertz CT molecular complexity index is 1000. The Kier molecular flexibility index (Phi) is 6.40. The number of nitrogens with zero attached hydrogens (tertiary/aromatic N) is 1. The van der Waals surface area contributed by atoms with Gasteiger partial charge in [-0.3, -0.25) is 9.59 Å². The Morgan fingerprint density at radius 3 is 2.39 bits per heavy atom. The summed E-state index contributed by atoms with van der Waals surface area (Å²) in [5.41, 5.74) is 3.14. The van der Waals surface area contributed by atoms with Gasteiger partial charge in [-0.05, 0) is 60.9 Å². The molecule has 0 saturated heterocycles. The standard InChI is InChI=1S/C22H20ClN3O2/c1-15-5-2-8-18(13-15)25-22(28)20-10-4-9-19(26-20)21(27)24-12-11-16-6-3-7-17(23)14-16/h2-10,13-14H,11-12H2,1H3,(H,24,27)(H,25,28). The highest BCUT2D eigenvalue weighted by Crippen LogP contribution is 2.12. The van der Waals surface area contributed by atoms with E-state index in [1.54, 1.807) is 30.3 Å². The summed E-state index contributed by atoms with van der Waals surface area (Å²) in [4.78, 5) is 28.9. The van der Waals surface area contributed by atoms with Crippen molar-refractivity contribution in [2.24, 2.45) is 0 Å². The lowest BCUT2D eigenvalue weighted by atomic mass is 10.1. The lowest BCUT2D eigenvalue weighted by molar-refractivity contribution is 0.0949. The molecule has 142 valence electrons. The van der Waals surface area contributed by atoms with Gasteiger partial charge in [0.25, 0.3) is 11.8 Å². The maximum Gasteiger partial charge on any atom is 0.274 e. The van der Waals surface area contributed by atoms with E-state index < -0.39 is 0 Å². The lowest BCUT2D eigenvalue weighted by Gasteiger charge is -2.08. The van der Waals surface area contributed by atoms with Gasteiger partial charge in [0.1, 0.15) is 11.4 Å². The summed E-state index contributed by atoms with van der Waals surface area (Å²) in [5.74, 6) is -0.689. The third-order valence-electron chi connectivity index (χ3n) is 4.08. The fourth-order valence-electron chi connectivity index (χ4n) is 2.71. The van der Waals surface area contributed by atoms with Gasteiger partial charge in [0, 0.05) is 17.3 Å². The molecule has 1 heterocycles. The quantitative estimate of drug-likeness (QED) is 0.657. The van der Waals surface area contributed by atoms with E-state index in [4.69, 9.17) is 11.6 Å². The zero-order valence-corrected chi connectivity index (χ0v) is 16.2. The van der Waals surface area contributed by atoms with Crippen LogP contribution in [0.2, 0.25) is 5.02 Å². The molecule has 0 atom stereocenters. The lowest BCUT2D eigenvalue weighted by Crippen LogP contribution is -2.27. The summed E-state index contributed by atoms with van der Waals surface area (Å²) in [5, 5.41) is 6.27. The van der Waals surface area contributed by atoms with Crippen LogP contribution in [0.5, 0.6) is 0 Å². The number of anilines is 1. The molecule has 0 spiro atoms. The van der Waals surface area contributed by atoms with Crippen molar-refractivity contribution in [1.29, 1.82) is 0 Å². The second-order valence-electron chi connectivity index (χ2n) is 6.37. The van der Waals surface area contributed by atoms with Gasteiger partial charge in [0.05, 0.1) is 0 Å². The van der Waals surface area contributed by atoms with Crippen LogP contribution in [0, 0.1) is 6.92 Å². The zero-order chi connectivity index (χ0) is 19.9. The minimum atomic E-state index is -0.362. The summed E-state index contributed by atoms with van der Waals surface area (Å²) in [7, 11) is 0. The minimum absolute atomic E-state index is 0.184. The van der Waals surface area contributed by atoms with Crippen LogP contribution in [-0.2, 0) is 6.42 Å². The predicted octanol–water partition coefficient (Wildman–Crippen LogP) is 4.27. The van der Waals surface area contributed by atoms with Crippen molar-refractivity contribution in [2.75, 3.05) is 11.9 Å². The van der Waals surface area contributed by atoms with E-state index in [1.807, 2.05) is 43.3 Å². The number of hydrogen-bond acceptors (Lipinski definition) is 3. The molecule has 0 bridgehead atoms. The van der Waals surface area contributed by atoms with E-state index in [-0.39, 0.29) is 23.2 Å². The molecule has 2 amide bonds. The molecule has 1 aromatic heterocycles. The average Bonchev–Trinajstić information content (AvgIpc) is 2.68. The largest absolute Gasteiger partial charge is 0.350 e. The third-order valence-corrected chi connectivity index (χ3v) is 4.31. The molecule has 0 saturated carbocycles. The van der Waals surface area contributed by atoms with Gasteiger partial charge in [-0.25, -0.2) is 4.98 Å². The number of aryl methyl sites for hydroxylation is 1. The van der Waals surface area contributed by atoms with Gasteiger partial charge in [-0.1, -0.05) is 41.9 Å². The van der Waals surface area contributed by atoms with Crippen molar-refractivity contribution >= 4 is 29.1 Å². The highest BCUT2D eigenvalue weighted by atomic mass is 35.5. The normalized spacial score (nSPS) is 10.4. The number of rotatable bonds is 6. The van der Waals surface area contributed by atoms with Gasteiger partial charge >= 0.3 is 0 Å². The molecule has 3 rings (SSSR count). The van der Waals surface area contributed by atoms with Crippen LogP contribution in [-0.4, -0.2) is 23.3 Å². The molecule has 0 aliphatic carbocycles. The van der Waals surface area contributed by atoms with E-state index >= 15 is 0 Å². The van der Waals surface area contributed by atoms with Crippen LogP contribution in [0.15, 0.2) is 66.7 Å². The number of aromatic nitrogens is 1. The Hall–Kier alpha value is -3.18. The molecule has 6 heteroatoms. The summed E-state index contributed by atoms with van der Waals surface area (Å²) in [6, 6.07) is 19.8. The Balaban J connectivity index is 1.60. The maximum absolute atomic E-state index is 12.4. The molecule has 0 unspecified atom stereocenters. The summed E-state index contributed by atoms with van der Waals surface area (Å²) in [6.45, 7) is 2.39. The first-order valence-electron chi connectivity index (χ1n) is 8.89. The maximum atomic E-state index is 12.4. The number of nitrogens with one attached hydrogen (secondary N) is 2. The van der Waals surface area contributed by atoms with Crippen LogP contribution in [0.1, 0.15) is 32.1 Å². The Labute approximate surface area is 168 Å². The number of carbonyl (C=O) groups is 2. The summed E-state index contributed by atoms with van der Waals surface area (Å²) < 4.78 is 0. The van der Waals surface area contributed by atoms with E-state index in [9.17, 15) is 9.59 Å². The Morgan fingerprint density at radius 2 is 1.64 bits per heavy atom. The van der Waals surface area contributed by atoms with Crippen molar-refractivity contribution in [3.05, 3.63) is 94.3 Å². The highest BCUT2D eigenvalue weighted by Gasteiger charge is 2.12. The molecular weight excluding hydrogens is 374 g/mol. The smallest absolute Gasteiger partial charge is 0.274 e. The van der Waals surface area contributed by atoms with E-state index in [2.05, 4.69) is 15.6 Å². The molecular formula is C22H20ClN3O2. The molecule has 28 heavy (non-hydrogen) atoms. The molecule has 3 aromatic rings. The number of halogens is 1. The fourth-order valence-corrected chi connectivity index (χ4v) is 2.92. The molecule has 0 radical (unpaired) electrons. The second-order valence-corrected chi connectivity index (χ2v) is 6.80. The van der Waals surface area contributed by atoms with Crippen molar-refractivity contribution in [3.8, 4) is 0 Å². The number of carbonyl (C=O) groups excluding carboxylic acids is 2. The molecule has 2 N–H and O–H groups in total. The molecule has 0 fully saturated rings. The minimum Gasteiger partial charge on any atom is -0.350 e.